The quantitative estimate of drug-likeness (QED) is 0.521. The van der Waals surface area contributed by atoms with Crippen LogP contribution in [0.25, 0.3) is 0 Å². The second kappa shape index (κ2) is 7.93. The third-order valence-electron chi connectivity index (χ3n) is 11.3. The molecular formula is C28H43N3. The van der Waals surface area contributed by atoms with Crippen LogP contribution in [0.1, 0.15) is 97.5 Å². The predicted molar refractivity (Wildman–Crippen MR) is 125 cm³/mol. The van der Waals surface area contributed by atoms with E-state index in [0.717, 1.165) is 42.1 Å². The van der Waals surface area contributed by atoms with Crippen LogP contribution in [0.15, 0.2) is 12.4 Å². The van der Waals surface area contributed by atoms with Crippen LogP contribution >= 0.6 is 0 Å². The predicted octanol–water partition coefficient (Wildman–Crippen LogP) is 7.08. The summed E-state index contributed by atoms with van der Waals surface area (Å²) in [5, 5.41) is 13.6. The molecule has 0 aliphatic heterocycles. The van der Waals surface area contributed by atoms with Gasteiger partial charge in [0.05, 0.1) is 11.8 Å². The van der Waals surface area contributed by atoms with Crippen LogP contribution in [0.5, 0.6) is 0 Å². The Morgan fingerprint density at radius 1 is 1.16 bits per heavy atom. The standard InChI is InChI=1S/C28H43N3/c1-5-28-13-10-19(2)14-22(28)6-7-23-25-9-8-24(27(25,4)12-11-26(23)28)20(3)17-31-18-21(15-29)16-30-31/h16,18-20,22-26H,5-14,17H2,1-4H3/t19-,20+,22+,23-,24?,25?,26?,27+,28-/m0/s1. The summed E-state index contributed by atoms with van der Waals surface area (Å²) in [5.41, 5.74) is 1.87. The second-order valence-electron chi connectivity index (χ2n) is 12.4. The van der Waals surface area contributed by atoms with Gasteiger partial charge in [-0.25, -0.2) is 0 Å². The Hall–Kier alpha value is -1.30. The number of nitriles is 1. The summed E-state index contributed by atoms with van der Waals surface area (Å²) in [4.78, 5) is 0. The average Bonchev–Trinajstić information content (AvgIpc) is 3.36. The molecule has 4 aliphatic carbocycles. The SMILES string of the molecule is CC[C@]12CC[C@H](C)C[C@H]1CC[C@H]1C3CCC([C@H](C)Cn4cc(C#N)cn4)[C@@]3(C)CCC12. The van der Waals surface area contributed by atoms with Crippen molar-refractivity contribution in [3.63, 3.8) is 0 Å². The second-order valence-corrected chi connectivity index (χ2v) is 12.4. The van der Waals surface area contributed by atoms with Gasteiger partial charge in [-0.05, 0) is 110 Å². The third-order valence-corrected chi connectivity index (χ3v) is 11.3. The molecule has 1 aromatic rings. The Bertz CT molecular complexity index is 836. The maximum absolute atomic E-state index is 9.14. The molecule has 1 aromatic heterocycles. The Kier molecular flexibility index (Phi) is 5.51. The van der Waals surface area contributed by atoms with Gasteiger partial charge in [0, 0.05) is 12.7 Å². The van der Waals surface area contributed by atoms with Crippen LogP contribution in [-0.2, 0) is 6.54 Å². The molecule has 3 unspecified atom stereocenters. The molecule has 0 saturated heterocycles. The van der Waals surface area contributed by atoms with Crippen molar-refractivity contribution < 1.29 is 0 Å². The van der Waals surface area contributed by atoms with Crippen molar-refractivity contribution in [2.75, 3.05) is 0 Å². The van der Waals surface area contributed by atoms with E-state index in [1.807, 2.05) is 10.9 Å². The number of hydrogen-bond acceptors (Lipinski definition) is 2. The lowest BCUT2D eigenvalue weighted by Gasteiger charge is -2.62. The number of rotatable bonds is 4. The van der Waals surface area contributed by atoms with Gasteiger partial charge >= 0.3 is 0 Å². The number of aromatic nitrogens is 2. The first-order chi connectivity index (χ1) is 14.9. The van der Waals surface area contributed by atoms with Gasteiger partial charge in [-0.15, -0.1) is 0 Å². The Morgan fingerprint density at radius 2 is 2.00 bits per heavy atom. The molecule has 3 nitrogen and oxygen atoms in total. The van der Waals surface area contributed by atoms with E-state index in [1.54, 1.807) is 6.20 Å². The topological polar surface area (TPSA) is 41.6 Å². The van der Waals surface area contributed by atoms with E-state index in [2.05, 4.69) is 38.9 Å². The van der Waals surface area contributed by atoms with Crippen LogP contribution in [-0.4, -0.2) is 9.78 Å². The van der Waals surface area contributed by atoms with Crippen molar-refractivity contribution >= 4 is 0 Å². The average molecular weight is 422 g/mol. The van der Waals surface area contributed by atoms with Gasteiger partial charge in [0.1, 0.15) is 6.07 Å². The highest BCUT2D eigenvalue weighted by molar-refractivity contribution is 5.21. The highest BCUT2D eigenvalue weighted by Crippen LogP contribution is 2.69. The first kappa shape index (κ1) is 21.5. The van der Waals surface area contributed by atoms with E-state index in [1.165, 1.54) is 64.2 Å². The molecule has 4 fully saturated rings. The smallest absolute Gasteiger partial charge is 0.102 e. The third kappa shape index (κ3) is 3.30. The minimum absolute atomic E-state index is 0.509. The molecule has 170 valence electrons. The van der Waals surface area contributed by atoms with Crippen molar-refractivity contribution in [3.05, 3.63) is 18.0 Å². The number of nitrogens with zero attached hydrogens (tertiary/aromatic N) is 3. The lowest BCUT2D eigenvalue weighted by molar-refractivity contribution is -0.130. The first-order valence-electron chi connectivity index (χ1n) is 13.3. The fraction of sp³-hybridized carbons (Fsp3) is 0.857. The number of hydrogen-bond donors (Lipinski definition) is 0. The van der Waals surface area contributed by atoms with Crippen molar-refractivity contribution in [1.82, 2.24) is 9.78 Å². The Labute approximate surface area is 190 Å². The molecule has 1 heterocycles. The molecule has 0 spiro atoms. The highest BCUT2D eigenvalue weighted by atomic mass is 15.3. The summed E-state index contributed by atoms with van der Waals surface area (Å²) in [7, 11) is 0. The van der Waals surface area contributed by atoms with Crippen LogP contribution in [0.2, 0.25) is 0 Å². The van der Waals surface area contributed by atoms with E-state index in [9.17, 15) is 0 Å². The fourth-order valence-electron chi connectivity index (χ4n) is 9.89. The first-order valence-corrected chi connectivity index (χ1v) is 13.3. The molecule has 0 bridgehead atoms. The molecular weight excluding hydrogens is 378 g/mol. The molecule has 4 saturated carbocycles. The highest BCUT2D eigenvalue weighted by Gasteiger charge is 2.61. The molecule has 0 N–H and O–H groups in total. The normalized spacial score (nSPS) is 45.3. The van der Waals surface area contributed by atoms with Gasteiger partial charge in [0.15, 0.2) is 0 Å². The van der Waals surface area contributed by atoms with Gasteiger partial charge in [-0.2, -0.15) is 10.4 Å². The van der Waals surface area contributed by atoms with E-state index in [0.29, 0.717) is 22.3 Å². The van der Waals surface area contributed by atoms with Gasteiger partial charge in [0.25, 0.3) is 0 Å². The maximum Gasteiger partial charge on any atom is 0.102 e. The van der Waals surface area contributed by atoms with E-state index < -0.39 is 0 Å². The Balaban J connectivity index is 1.35. The molecule has 0 aromatic carbocycles. The largest absolute Gasteiger partial charge is 0.271 e. The van der Waals surface area contributed by atoms with E-state index in [4.69, 9.17) is 5.26 Å². The van der Waals surface area contributed by atoms with Crippen LogP contribution in [0, 0.1) is 63.6 Å². The van der Waals surface area contributed by atoms with Crippen LogP contribution < -0.4 is 0 Å². The lowest BCUT2D eigenvalue weighted by Crippen LogP contribution is -2.54. The lowest BCUT2D eigenvalue weighted by atomic mass is 9.43. The zero-order chi connectivity index (χ0) is 21.8. The minimum Gasteiger partial charge on any atom is -0.271 e. The zero-order valence-corrected chi connectivity index (χ0v) is 20.3. The van der Waals surface area contributed by atoms with Crippen LogP contribution in [0.3, 0.4) is 0 Å². The van der Waals surface area contributed by atoms with Gasteiger partial charge in [0.2, 0.25) is 0 Å². The Morgan fingerprint density at radius 3 is 2.74 bits per heavy atom. The summed E-state index contributed by atoms with van der Waals surface area (Å²) in [6.45, 7) is 11.1. The van der Waals surface area contributed by atoms with Gasteiger partial charge < -0.3 is 0 Å². The van der Waals surface area contributed by atoms with Crippen molar-refractivity contribution in [3.8, 4) is 6.07 Å². The van der Waals surface area contributed by atoms with Crippen molar-refractivity contribution in [2.24, 2.45) is 52.3 Å². The van der Waals surface area contributed by atoms with Gasteiger partial charge in [-0.1, -0.05) is 34.1 Å². The van der Waals surface area contributed by atoms with E-state index in [-0.39, 0.29) is 0 Å². The molecule has 5 rings (SSSR count). The zero-order valence-electron chi connectivity index (χ0n) is 20.3. The summed E-state index contributed by atoms with van der Waals surface area (Å²) >= 11 is 0. The molecule has 0 radical (unpaired) electrons. The minimum atomic E-state index is 0.509. The summed E-state index contributed by atoms with van der Waals surface area (Å²) in [6.07, 6.45) is 18.4. The molecule has 4 aliphatic rings. The van der Waals surface area contributed by atoms with Gasteiger partial charge in [-0.3, -0.25) is 4.68 Å². The fourth-order valence-corrected chi connectivity index (χ4v) is 9.89. The molecule has 0 amide bonds. The summed E-state index contributed by atoms with van der Waals surface area (Å²) in [6, 6.07) is 2.23. The maximum atomic E-state index is 9.14. The molecule has 3 heteroatoms. The van der Waals surface area contributed by atoms with Crippen LogP contribution in [0.4, 0.5) is 0 Å². The summed E-state index contributed by atoms with van der Waals surface area (Å²) in [5.74, 6) is 6.32. The van der Waals surface area contributed by atoms with E-state index >= 15 is 0 Å². The monoisotopic (exact) mass is 421 g/mol. The molecule has 9 atom stereocenters. The molecule has 31 heavy (non-hydrogen) atoms. The van der Waals surface area contributed by atoms with Crippen molar-refractivity contribution in [1.29, 1.82) is 5.26 Å². The number of fused-ring (bicyclic) bond motifs is 5. The summed E-state index contributed by atoms with van der Waals surface area (Å²) < 4.78 is 2.02. The van der Waals surface area contributed by atoms with Crippen molar-refractivity contribution in [2.45, 2.75) is 98.4 Å².